The highest BCUT2D eigenvalue weighted by molar-refractivity contribution is 5.77. The van der Waals surface area contributed by atoms with Crippen LogP contribution in [0.25, 0.3) is 0 Å². The second kappa shape index (κ2) is 6.40. The van der Waals surface area contributed by atoms with Crippen molar-refractivity contribution >= 4 is 5.91 Å². The van der Waals surface area contributed by atoms with Crippen molar-refractivity contribution in [1.29, 1.82) is 0 Å². The SMILES string of the molecule is CC(C(=O)NOCCOc1ccccc1)C1CC1. The molecule has 0 heterocycles. The first-order valence-corrected chi connectivity index (χ1v) is 6.37. The van der Waals surface area contributed by atoms with E-state index in [0.29, 0.717) is 19.1 Å². The zero-order chi connectivity index (χ0) is 12.8. The standard InChI is InChI=1S/C14H19NO3/c1-11(12-7-8-12)14(16)15-18-10-9-17-13-5-3-2-4-6-13/h2-6,11-12H,7-10H2,1H3,(H,15,16). The third-order valence-corrected chi connectivity index (χ3v) is 3.11. The number of nitrogens with one attached hydrogen (secondary N) is 1. The van der Waals surface area contributed by atoms with Crippen molar-refractivity contribution in [2.45, 2.75) is 19.8 Å². The normalized spacial score (nSPS) is 16.1. The van der Waals surface area contributed by atoms with Crippen molar-refractivity contribution in [3.8, 4) is 5.75 Å². The van der Waals surface area contributed by atoms with Crippen molar-refractivity contribution in [3.63, 3.8) is 0 Å². The number of para-hydroxylation sites is 1. The largest absolute Gasteiger partial charge is 0.491 e. The van der Waals surface area contributed by atoms with Crippen LogP contribution >= 0.6 is 0 Å². The second-order valence-electron chi connectivity index (χ2n) is 4.60. The molecule has 1 atom stereocenters. The van der Waals surface area contributed by atoms with Gasteiger partial charge in [-0.1, -0.05) is 25.1 Å². The zero-order valence-corrected chi connectivity index (χ0v) is 10.6. The lowest BCUT2D eigenvalue weighted by Crippen LogP contribution is -2.31. The highest BCUT2D eigenvalue weighted by Gasteiger charge is 2.32. The van der Waals surface area contributed by atoms with Crippen LogP contribution in [-0.4, -0.2) is 19.1 Å². The van der Waals surface area contributed by atoms with Crippen LogP contribution in [0.2, 0.25) is 0 Å². The van der Waals surface area contributed by atoms with Crippen molar-refractivity contribution in [2.24, 2.45) is 11.8 Å². The van der Waals surface area contributed by atoms with Gasteiger partial charge in [-0.3, -0.25) is 9.63 Å². The Kier molecular flexibility index (Phi) is 4.59. The number of hydroxylamine groups is 1. The summed E-state index contributed by atoms with van der Waals surface area (Å²) in [5.74, 6) is 1.38. The molecule has 4 nitrogen and oxygen atoms in total. The first-order chi connectivity index (χ1) is 8.77. The third-order valence-electron chi connectivity index (χ3n) is 3.11. The summed E-state index contributed by atoms with van der Waals surface area (Å²) in [6, 6.07) is 9.52. The van der Waals surface area contributed by atoms with Gasteiger partial charge in [0.2, 0.25) is 5.91 Å². The summed E-state index contributed by atoms with van der Waals surface area (Å²) in [6.07, 6.45) is 2.32. The number of rotatable bonds is 7. The van der Waals surface area contributed by atoms with Crippen molar-refractivity contribution in [3.05, 3.63) is 30.3 Å². The molecule has 1 aliphatic rings. The van der Waals surface area contributed by atoms with Crippen LogP contribution in [0.4, 0.5) is 0 Å². The molecular formula is C14H19NO3. The summed E-state index contributed by atoms with van der Waals surface area (Å²) in [6.45, 7) is 2.71. The van der Waals surface area contributed by atoms with Crippen LogP contribution < -0.4 is 10.2 Å². The molecule has 0 radical (unpaired) electrons. The summed E-state index contributed by atoms with van der Waals surface area (Å²) in [5.41, 5.74) is 2.47. The van der Waals surface area contributed by atoms with Crippen molar-refractivity contribution in [1.82, 2.24) is 5.48 Å². The average molecular weight is 249 g/mol. The summed E-state index contributed by atoms with van der Waals surface area (Å²) >= 11 is 0. The number of carbonyl (C=O) groups is 1. The Labute approximate surface area is 107 Å². The van der Waals surface area contributed by atoms with Gasteiger partial charge in [-0.15, -0.1) is 0 Å². The van der Waals surface area contributed by atoms with E-state index in [-0.39, 0.29) is 11.8 Å². The highest BCUT2D eigenvalue weighted by Crippen LogP contribution is 2.36. The van der Waals surface area contributed by atoms with E-state index in [1.54, 1.807) is 0 Å². The van der Waals surface area contributed by atoms with Gasteiger partial charge >= 0.3 is 0 Å². The summed E-state index contributed by atoms with van der Waals surface area (Å²) in [5, 5.41) is 0. The van der Waals surface area contributed by atoms with Crippen LogP contribution in [0, 0.1) is 11.8 Å². The number of hydrogen-bond donors (Lipinski definition) is 1. The van der Waals surface area contributed by atoms with E-state index >= 15 is 0 Å². The molecule has 0 aliphatic heterocycles. The number of benzene rings is 1. The predicted molar refractivity (Wildman–Crippen MR) is 67.9 cm³/mol. The van der Waals surface area contributed by atoms with Crippen molar-refractivity contribution in [2.75, 3.05) is 13.2 Å². The Morgan fingerprint density at radius 3 is 2.72 bits per heavy atom. The molecule has 0 aromatic heterocycles. The van der Waals surface area contributed by atoms with Gasteiger partial charge in [0, 0.05) is 5.92 Å². The molecule has 4 heteroatoms. The fraction of sp³-hybridized carbons (Fsp3) is 0.500. The van der Waals surface area contributed by atoms with Crippen LogP contribution in [0.15, 0.2) is 30.3 Å². The van der Waals surface area contributed by atoms with E-state index in [9.17, 15) is 4.79 Å². The maximum atomic E-state index is 11.6. The monoisotopic (exact) mass is 249 g/mol. The van der Waals surface area contributed by atoms with Gasteiger partial charge in [-0.05, 0) is 30.9 Å². The van der Waals surface area contributed by atoms with E-state index in [2.05, 4.69) is 5.48 Å². The van der Waals surface area contributed by atoms with E-state index in [1.165, 1.54) is 0 Å². The molecule has 2 rings (SSSR count). The van der Waals surface area contributed by atoms with Gasteiger partial charge in [0.05, 0.1) is 0 Å². The molecule has 0 bridgehead atoms. The molecule has 1 aromatic rings. The van der Waals surface area contributed by atoms with Crippen molar-refractivity contribution < 1.29 is 14.4 Å². The van der Waals surface area contributed by atoms with E-state index < -0.39 is 0 Å². The smallest absolute Gasteiger partial charge is 0.246 e. The first kappa shape index (κ1) is 12.9. The Balaban J connectivity index is 1.54. The van der Waals surface area contributed by atoms with Gasteiger partial charge in [0.1, 0.15) is 19.0 Å². The number of ether oxygens (including phenoxy) is 1. The maximum absolute atomic E-state index is 11.6. The number of hydrogen-bond acceptors (Lipinski definition) is 3. The zero-order valence-electron chi connectivity index (χ0n) is 10.6. The average Bonchev–Trinajstić information content (AvgIpc) is 3.23. The maximum Gasteiger partial charge on any atom is 0.246 e. The van der Waals surface area contributed by atoms with Crippen LogP contribution in [-0.2, 0) is 9.63 Å². The molecule has 1 N–H and O–H groups in total. The lowest BCUT2D eigenvalue weighted by atomic mass is 10.1. The molecule has 1 amide bonds. The molecule has 1 aromatic carbocycles. The third kappa shape index (κ3) is 4.04. The Bertz CT molecular complexity index is 376. The predicted octanol–water partition coefficient (Wildman–Crippen LogP) is 2.16. The fourth-order valence-corrected chi connectivity index (χ4v) is 1.74. The molecule has 98 valence electrons. The van der Waals surface area contributed by atoms with E-state index in [4.69, 9.17) is 9.57 Å². The molecule has 0 saturated heterocycles. The highest BCUT2D eigenvalue weighted by atomic mass is 16.7. The Hall–Kier alpha value is -1.55. The Morgan fingerprint density at radius 1 is 1.33 bits per heavy atom. The topological polar surface area (TPSA) is 47.6 Å². The van der Waals surface area contributed by atoms with Gasteiger partial charge < -0.3 is 4.74 Å². The molecule has 0 spiro atoms. The lowest BCUT2D eigenvalue weighted by Gasteiger charge is -2.11. The molecule has 18 heavy (non-hydrogen) atoms. The van der Waals surface area contributed by atoms with Crippen LogP contribution in [0.3, 0.4) is 0 Å². The quantitative estimate of drug-likeness (QED) is 0.595. The minimum Gasteiger partial charge on any atom is -0.491 e. The minimum absolute atomic E-state index is 0.0304. The fourth-order valence-electron chi connectivity index (χ4n) is 1.74. The van der Waals surface area contributed by atoms with Gasteiger partial charge in [0.15, 0.2) is 0 Å². The summed E-state index contributed by atoms with van der Waals surface area (Å²) in [4.78, 5) is 16.7. The summed E-state index contributed by atoms with van der Waals surface area (Å²) < 4.78 is 5.43. The van der Waals surface area contributed by atoms with Gasteiger partial charge in [-0.25, -0.2) is 5.48 Å². The molecule has 1 fully saturated rings. The molecule has 1 unspecified atom stereocenters. The van der Waals surface area contributed by atoms with Crippen LogP contribution in [0.5, 0.6) is 5.75 Å². The first-order valence-electron chi connectivity index (χ1n) is 6.37. The lowest BCUT2D eigenvalue weighted by molar-refractivity contribution is -0.138. The Morgan fingerprint density at radius 2 is 2.06 bits per heavy atom. The van der Waals surface area contributed by atoms with Gasteiger partial charge in [-0.2, -0.15) is 0 Å². The van der Waals surface area contributed by atoms with E-state index in [1.807, 2.05) is 37.3 Å². The molecule has 1 saturated carbocycles. The summed E-state index contributed by atoms with van der Waals surface area (Å²) in [7, 11) is 0. The van der Waals surface area contributed by atoms with E-state index in [0.717, 1.165) is 18.6 Å². The number of carbonyl (C=O) groups excluding carboxylic acids is 1. The van der Waals surface area contributed by atoms with Gasteiger partial charge in [0.25, 0.3) is 0 Å². The second-order valence-corrected chi connectivity index (χ2v) is 4.60. The molecule has 1 aliphatic carbocycles. The number of amides is 1. The minimum atomic E-state index is -0.0304. The molecular weight excluding hydrogens is 230 g/mol. The van der Waals surface area contributed by atoms with Crippen LogP contribution in [0.1, 0.15) is 19.8 Å².